The molecule has 0 unspecified atom stereocenters. The smallest absolute Gasteiger partial charge is 0.00313 e. The quantitative estimate of drug-likeness (QED) is 0.557. The summed E-state index contributed by atoms with van der Waals surface area (Å²) in [6.07, 6.45) is 6.98. The molecule has 1 saturated heterocycles. The van der Waals surface area contributed by atoms with Crippen molar-refractivity contribution in [2.75, 3.05) is 25.0 Å². The van der Waals surface area contributed by atoms with Crippen molar-refractivity contribution in [1.29, 1.82) is 0 Å². The summed E-state index contributed by atoms with van der Waals surface area (Å²) < 4.78 is 0. The largest absolute Gasteiger partial charge is 0.303 e. The van der Waals surface area contributed by atoms with Gasteiger partial charge in [-0.05, 0) is 45.3 Å². The van der Waals surface area contributed by atoms with Gasteiger partial charge >= 0.3 is 0 Å². The first-order valence-corrected chi connectivity index (χ1v) is 5.84. The molecule has 0 aromatic carbocycles. The van der Waals surface area contributed by atoms with E-state index in [2.05, 4.69) is 20.8 Å². The number of unbranched alkanes of at least 4 members (excludes halogenated alkanes) is 2. The minimum absolute atomic E-state index is 0. The van der Waals surface area contributed by atoms with Gasteiger partial charge in [0.15, 0.2) is 0 Å². The lowest BCUT2D eigenvalue weighted by Crippen LogP contribution is -2.20. The molecule has 0 aromatic heterocycles. The number of likely N-dealkylation sites (tertiary alicyclic amines) is 1. The maximum Gasteiger partial charge on any atom is 0.00313 e. The molecule has 0 atom stereocenters. The molecule has 74 valence electrons. The van der Waals surface area contributed by atoms with E-state index >= 15 is 0 Å². The molecule has 12 heavy (non-hydrogen) atoms. The Bertz CT molecular complexity index is 92.5. The van der Waals surface area contributed by atoms with Gasteiger partial charge in [-0.3, -0.25) is 0 Å². The van der Waals surface area contributed by atoms with E-state index in [0.717, 1.165) is 0 Å². The van der Waals surface area contributed by atoms with Crippen LogP contribution < -0.4 is 0 Å². The third kappa shape index (κ3) is 5.55. The summed E-state index contributed by atoms with van der Waals surface area (Å²) in [6, 6.07) is 0. The second-order valence-corrected chi connectivity index (χ2v) is 4.09. The normalized spacial score (nSPS) is 17.8. The summed E-state index contributed by atoms with van der Waals surface area (Å²) in [6.45, 7) is 4.05. The van der Waals surface area contributed by atoms with Crippen molar-refractivity contribution >= 4 is 32.9 Å². The van der Waals surface area contributed by atoms with E-state index in [4.69, 9.17) is 0 Å². The van der Waals surface area contributed by atoms with Gasteiger partial charge in [0.25, 0.3) is 0 Å². The van der Waals surface area contributed by atoms with Gasteiger partial charge in [0, 0.05) is 5.33 Å². The highest BCUT2D eigenvalue weighted by Crippen LogP contribution is 2.09. The van der Waals surface area contributed by atoms with Crippen LogP contribution in [0.5, 0.6) is 0 Å². The van der Waals surface area contributed by atoms with Gasteiger partial charge in [0.2, 0.25) is 0 Å². The van der Waals surface area contributed by atoms with Gasteiger partial charge in [-0.15, -0.1) is 17.0 Å². The van der Waals surface area contributed by atoms with E-state index in [9.17, 15) is 0 Å². The van der Waals surface area contributed by atoms with Crippen LogP contribution in [0.15, 0.2) is 0 Å². The highest BCUT2D eigenvalue weighted by Gasteiger charge is 2.09. The Morgan fingerprint density at radius 2 is 1.67 bits per heavy atom. The Morgan fingerprint density at radius 3 is 2.25 bits per heavy atom. The van der Waals surface area contributed by atoms with E-state index in [1.807, 2.05) is 0 Å². The highest BCUT2D eigenvalue weighted by atomic mass is 79.9. The molecule has 0 amide bonds. The molecular formula is C9H19Br2N. The van der Waals surface area contributed by atoms with E-state index in [-0.39, 0.29) is 17.0 Å². The van der Waals surface area contributed by atoms with Crippen LogP contribution in [0.3, 0.4) is 0 Å². The van der Waals surface area contributed by atoms with Crippen molar-refractivity contribution in [3.63, 3.8) is 0 Å². The zero-order valence-corrected chi connectivity index (χ0v) is 10.9. The van der Waals surface area contributed by atoms with Gasteiger partial charge in [0.1, 0.15) is 0 Å². The Labute approximate surface area is 94.8 Å². The molecule has 0 aliphatic carbocycles. The number of rotatable bonds is 5. The minimum Gasteiger partial charge on any atom is -0.303 e. The van der Waals surface area contributed by atoms with Crippen molar-refractivity contribution in [3.8, 4) is 0 Å². The Balaban J connectivity index is 0.00000121. The van der Waals surface area contributed by atoms with Crippen LogP contribution in [0.25, 0.3) is 0 Å². The number of nitrogens with zero attached hydrogens (tertiary/aromatic N) is 1. The number of halogens is 2. The van der Waals surface area contributed by atoms with Crippen molar-refractivity contribution < 1.29 is 0 Å². The first kappa shape index (κ1) is 12.9. The van der Waals surface area contributed by atoms with Crippen LogP contribution in [0.1, 0.15) is 32.1 Å². The standard InChI is InChI=1S/C9H18BrN.BrH/c10-6-2-1-3-7-11-8-4-5-9-11;/h1-9H2;1H. The molecular weight excluding hydrogens is 282 g/mol. The Hall–Kier alpha value is 0.920. The van der Waals surface area contributed by atoms with Gasteiger partial charge < -0.3 is 4.90 Å². The maximum atomic E-state index is 3.45. The fraction of sp³-hybridized carbons (Fsp3) is 1.00. The number of alkyl halides is 1. The number of hydrogen-bond donors (Lipinski definition) is 0. The van der Waals surface area contributed by atoms with E-state index < -0.39 is 0 Å². The molecule has 1 fully saturated rings. The van der Waals surface area contributed by atoms with Crippen LogP contribution in [0.4, 0.5) is 0 Å². The Kier molecular flexibility index (Phi) is 9.17. The average Bonchev–Trinajstić information content (AvgIpc) is 2.50. The minimum atomic E-state index is 0. The van der Waals surface area contributed by atoms with Gasteiger partial charge in [-0.2, -0.15) is 0 Å². The lowest BCUT2D eigenvalue weighted by atomic mass is 10.2. The van der Waals surface area contributed by atoms with Crippen LogP contribution in [0, 0.1) is 0 Å². The molecule has 0 aromatic rings. The molecule has 3 heteroatoms. The average molecular weight is 301 g/mol. The monoisotopic (exact) mass is 299 g/mol. The highest BCUT2D eigenvalue weighted by molar-refractivity contribution is 9.09. The number of hydrogen-bond acceptors (Lipinski definition) is 1. The first-order chi connectivity index (χ1) is 5.43. The second kappa shape index (κ2) is 8.52. The SMILES string of the molecule is Br.BrCCCCCN1CCCC1. The zero-order chi connectivity index (χ0) is 7.94. The summed E-state index contributed by atoms with van der Waals surface area (Å²) in [5.41, 5.74) is 0. The van der Waals surface area contributed by atoms with Gasteiger partial charge in [-0.25, -0.2) is 0 Å². The third-order valence-corrected chi connectivity index (χ3v) is 2.87. The predicted molar refractivity (Wildman–Crippen MR) is 63.6 cm³/mol. The van der Waals surface area contributed by atoms with Crippen molar-refractivity contribution in [3.05, 3.63) is 0 Å². The second-order valence-electron chi connectivity index (χ2n) is 3.30. The molecule has 1 rings (SSSR count). The van der Waals surface area contributed by atoms with Crippen LogP contribution in [-0.2, 0) is 0 Å². The van der Waals surface area contributed by atoms with Crippen molar-refractivity contribution in [2.24, 2.45) is 0 Å². The van der Waals surface area contributed by atoms with E-state index in [1.165, 1.54) is 57.1 Å². The first-order valence-electron chi connectivity index (χ1n) is 4.72. The predicted octanol–water partition coefficient (Wildman–Crippen LogP) is 3.23. The molecule has 1 nitrogen and oxygen atoms in total. The summed E-state index contributed by atoms with van der Waals surface area (Å²) in [7, 11) is 0. The van der Waals surface area contributed by atoms with Crippen LogP contribution >= 0.6 is 32.9 Å². The van der Waals surface area contributed by atoms with Crippen LogP contribution in [-0.4, -0.2) is 29.9 Å². The maximum absolute atomic E-state index is 3.45. The topological polar surface area (TPSA) is 3.24 Å². The van der Waals surface area contributed by atoms with Crippen molar-refractivity contribution in [2.45, 2.75) is 32.1 Å². The summed E-state index contributed by atoms with van der Waals surface area (Å²) in [5, 5.41) is 1.17. The summed E-state index contributed by atoms with van der Waals surface area (Å²) >= 11 is 3.45. The lowest BCUT2D eigenvalue weighted by Gasteiger charge is -2.13. The molecule has 1 aliphatic heterocycles. The zero-order valence-electron chi connectivity index (χ0n) is 7.60. The molecule has 0 saturated carbocycles. The van der Waals surface area contributed by atoms with E-state index in [1.54, 1.807) is 0 Å². The van der Waals surface area contributed by atoms with Crippen molar-refractivity contribution in [1.82, 2.24) is 4.90 Å². The van der Waals surface area contributed by atoms with Crippen LogP contribution in [0.2, 0.25) is 0 Å². The lowest BCUT2D eigenvalue weighted by molar-refractivity contribution is 0.330. The third-order valence-electron chi connectivity index (χ3n) is 2.31. The van der Waals surface area contributed by atoms with Gasteiger partial charge in [-0.1, -0.05) is 22.4 Å². The fourth-order valence-corrected chi connectivity index (χ4v) is 2.01. The Morgan fingerprint density at radius 1 is 1.00 bits per heavy atom. The molecule has 0 radical (unpaired) electrons. The molecule has 1 heterocycles. The van der Waals surface area contributed by atoms with Gasteiger partial charge in [0.05, 0.1) is 0 Å². The molecule has 0 bridgehead atoms. The summed E-state index contributed by atoms with van der Waals surface area (Å²) in [5.74, 6) is 0. The molecule has 0 N–H and O–H groups in total. The van der Waals surface area contributed by atoms with E-state index in [0.29, 0.717) is 0 Å². The molecule has 0 spiro atoms. The fourth-order valence-electron chi connectivity index (χ4n) is 1.61. The summed E-state index contributed by atoms with van der Waals surface area (Å²) in [4.78, 5) is 2.59. The molecule has 1 aliphatic rings.